The quantitative estimate of drug-likeness (QED) is 0.420. The van der Waals surface area contributed by atoms with Crippen LogP contribution in [0.25, 0.3) is 0 Å². The Kier molecular flexibility index (Phi) is 5.42. The summed E-state index contributed by atoms with van der Waals surface area (Å²) in [6.45, 7) is 8.03. The van der Waals surface area contributed by atoms with Gasteiger partial charge in [0.25, 0.3) is 0 Å². The van der Waals surface area contributed by atoms with Crippen molar-refractivity contribution in [1.82, 2.24) is 0 Å². The van der Waals surface area contributed by atoms with E-state index in [1.165, 1.54) is 11.1 Å². The SMILES string of the molecule is CC(C)(C)c1ccc(C2=[N+](Cc3ccc(C(F)(F)F)cc3)CCc3cc4c(cc32)OCO4)cc1. The van der Waals surface area contributed by atoms with Gasteiger partial charge in [0.2, 0.25) is 12.5 Å². The third kappa shape index (κ3) is 4.29. The fourth-order valence-corrected chi connectivity index (χ4v) is 4.59. The number of halogens is 3. The maximum Gasteiger partial charge on any atom is 0.416 e. The molecule has 0 radical (unpaired) electrons. The molecule has 2 aliphatic rings. The van der Waals surface area contributed by atoms with Gasteiger partial charge in [-0.05, 0) is 52.9 Å². The van der Waals surface area contributed by atoms with Crippen LogP contribution >= 0.6 is 0 Å². The van der Waals surface area contributed by atoms with Crippen LogP contribution in [-0.4, -0.2) is 23.6 Å². The van der Waals surface area contributed by atoms with Gasteiger partial charge in [0.05, 0.1) is 11.1 Å². The average Bonchev–Trinajstić information content (AvgIpc) is 3.24. The summed E-state index contributed by atoms with van der Waals surface area (Å²) in [7, 11) is 0. The molecule has 0 atom stereocenters. The van der Waals surface area contributed by atoms with Gasteiger partial charge in [0, 0.05) is 17.5 Å². The molecule has 3 aromatic rings. The first kappa shape index (κ1) is 22.5. The topological polar surface area (TPSA) is 21.5 Å². The predicted molar refractivity (Wildman–Crippen MR) is 125 cm³/mol. The predicted octanol–water partition coefficient (Wildman–Crippen LogP) is 6.34. The second-order valence-corrected chi connectivity index (χ2v) is 9.90. The Labute approximate surface area is 197 Å². The van der Waals surface area contributed by atoms with Crippen LogP contribution in [0.3, 0.4) is 0 Å². The first-order chi connectivity index (χ1) is 16.1. The van der Waals surface area contributed by atoms with Crippen molar-refractivity contribution in [2.75, 3.05) is 13.3 Å². The van der Waals surface area contributed by atoms with Crippen LogP contribution in [0.2, 0.25) is 0 Å². The van der Waals surface area contributed by atoms with Crippen LogP contribution in [0.1, 0.15) is 54.2 Å². The zero-order valence-corrected chi connectivity index (χ0v) is 19.5. The van der Waals surface area contributed by atoms with Crippen LogP contribution in [0, 0.1) is 0 Å². The molecule has 2 aliphatic heterocycles. The zero-order valence-electron chi connectivity index (χ0n) is 19.5. The molecule has 3 nitrogen and oxygen atoms in total. The van der Waals surface area contributed by atoms with Crippen molar-refractivity contribution in [3.63, 3.8) is 0 Å². The Morgan fingerprint density at radius 3 is 2.06 bits per heavy atom. The molecule has 0 unspecified atom stereocenters. The van der Waals surface area contributed by atoms with E-state index in [9.17, 15) is 13.2 Å². The molecule has 0 aliphatic carbocycles. The van der Waals surface area contributed by atoms with Crippen molar-refractivity contribution >= 4 is 5.71 Å². The number of fused-ring (bicyclic) bond motifs is 2. The Morgan fingerprint density at radius 1 is 0.824 bits per heavy atom. The molecule has 2 heterocycles. The van der Waals surface area contributed by atoms with E-state index in [1.54, 1.807) is 12.1 Å². The molecule has 34 heavy (non-hydrogen) atoms. The van der Waals surface area contributed by atoms with E-state index in [4.69, 9.17) is 9.47 Å². The lowest BCUT2D eigenvalue weighted by molar-refractivity contribution is -0.544. The van der Waals surface area contributed by atoms with Gasteiger partial charge in [-0.3, -0.25) is 0 Å². The highest BCUT2D eigenvalue weighted by molar-refractivity contribution is 6.11. The smallest absolute Gasteiger partial charge is 0.416 e. The number of ether oxygens (including phenoxy) is 2. The molecule has 0 aromatic heterocycles. The zero-order chi connectivity index (χ0) is 24.1. The van der Waals surface area contributed by atoms with Crippen LogP contribution in [-0.2, 0) is 24.6 Å². The fourth-order valence-electron chi connectivity index (χ4n) is 4.59. The van der Waals surface area contributed by atoms with Gasteiger partial charge in [-0.15, -0.1) is 0 Å². The number of nitrogens with zero attached hydrogens (tertiary/aromatic N) is 1. The molecule has 0 saturated heterocycles. The third-order valence-corrected chi connectivity index (χ3v) is 6.50. The summed E-state index contributed by atoms with van der Waals surface area (Å²) in [4.78, 5) is 0. The Hall–Kier alpha value is -3.28. The van der Waals surface area contributed by atoms with Crippen LogP contribution in [0.4, 0.5) is 13.2 Å². The Balaban J connectivity index is 1.59. The molecule has 0 saturated carbocycles. The molecular formula is C28H27F3NO2+. The maximum absolute atomic E-state index is 13.0. The molecule has 6 heteroatoms. The van der Waals surface area contributed by atoms with Gasteiger partial charge in [-0.2, -0.15) is 13.2 Å². The Bertz CT molecular complexity index is 1250. The number of rotatable bonds is 3. The van der Waals surface area contributed by atoms with Gasteiger partial charge in [-0.1, -0.05) is 45.0 Å². The molecular weight excluding hydrogens is 439 g/mol. The second-order valence-electron chi connectivity index (χ2n) is 9.90. The lowest BCUT2D eigenvalue weighted by Crippen LogP contribution is -2.30. The number of alkyl halides is 3. The van der Waals surface area contributed by atoms with Crippen LogP contribution in [0.15, 0.2) is 60.7 Å². The molecule has 0 fully saturated rings. The van der Waals surface area contributed by atoms with E-state index >= 15 is 0 Å². The lowest BCUT2D eigenvalue weighted by Gasteiger charge is -2.22. The van der Waals surface area contributed by atoms with E-state index in [0.29, 0.717) is 6.54 Å². The maximum atomic E-state index is 13.0. The molecule has 3 aromatic carbocycles. The molecule has 0 bridgehead atoms. The first-order valence-electron chi connectivity index (χ1n) is 11.4. The summed E-state index contributed by atoms with van der Waals surface area (Å²) >= 11 is 0. The third-order valence-electron chi connectivity index (χ3n) is 6.50. The molecule has 5 rings (SSSR count). The minimum absolute atomic E-state index is 0.0413. The molecule has 0 amide bonds. The van der Waals surface area contributed by atoms with E-state index in [-0.39, 0.29) is 12.2 Å². The van der Waals surface area contributed by atoms with Crippen LogP contribution < -0.4 is 9.47 Å². The van der Waals surface area contributed by atoms with Crippen molar-refractivity contribution < 1.29 is 27.2 Å². The van der Waals surface area contributed by atoms with Crippen LogP contribution in [0.5, 0.6) is 11.5 Å². The van der Waals surface area contributed by atoms with Gasteiger partial charge in [0.1, 0.15) is 6.54 Å². The van der Waals surface area contributed by atoms with Crippen molar-refractivity contribution in [3.8, 4) is 11.5 Å². The summed E-state index contributed by atoms with van der Waals surface area (Å²) in [5.41, 5.74) is 5.87. The van der Waals surface area contributed by atoms with E-state index in [0.717, 1.165) is 59.0 Å². The van der Waals surface area contributed by atoms with Crippen molar-refractivity contribution in [1.29, 1.82) is 0 Å². The minimum atomic E-state index is -4.34. The van der Waals surface area contributed by atoms with E-state index in [2.05, 4.69) is 55.7 Å². The second kappa shape index (κ2) is 8.19. The highest BCUT2D eigenvalue weighted by atomic mass is 19.4. The molecule has 0 spiro atoms. The summed E-state index contributed by atoms with van der Waals surface area (Å²) in [5, 5.41) is 0. The number of benzene rings is 3. The van der Waals surface area contributed by atoms with Gasteiger partial charge in [0.15, 0.2) is 18.0 Å². The summed E-state index contributed by atoms with van der Waals surface area (Å²) in [6, 6.07) is 18.1. The number of hydrogen-bond acceptors (Lipinski definition) is 2. The molecule has 176 valence electrons. The summed E-state index contributed by atoms with van der Waals surface area (Å²) in [5.74, 6) is 1.48. The van der Waals surface area contributed by atoms with E-state index < -0.39 is 11.7 Å². The van der Waals surface area contributed by atoms with Gasteiger partial charge in [-0.25, -0.2) is 4.58 Å². The average molecular weight is 467 g/mol. The first-order valence-corrected chi connectivity index (χ1v) is 11.4. The van der Waals surface area contributed by atoms with Gasteiger partial charge < -0.3 is 9.47 Å². The molecule has 0 N–H and O–H groups in total. The fraction of sp³-hybridized carbons (Fsp3) is 0.321. The lowest BCUT2D eigenvalue weighted by atomic mass is 9.85. The normalized spacial score (nSPS) is 15.5. The minimum Gasteiger partial charge on any atom is -0.454 e. The Morgan fingerprint density at radius 2 is 1.44 bits per heavy atom. The largest absolute Gasteiger partial charge is 0.454 e. The van der Waals surface area contributed by atoms with Crippen molar-refractivity contribution in [2.45, 2.75) is 45.3 Å². The monoisotopic (exact) mass is 466 g/mol. The highest BCUT2D eigenvalue weighted by Gasteiger charge is 2.32. The van der Waals surface area contributed by atoms with Crippen molar-refractivity contribution in [3.05, 3.63) is 94.0 Å². The standard InChI is InChI=1S/C28H27F3NO2/c1-27(2,3)21-10-6-19(7-11-21)26-23-15-25-24(33-17-34-25)14-20(23)12-13-32(26)16-18-4-8-22(9-5-18)28(29,30)31/h4-11,14-15H,12-13,16-17H2,1-3H3/q+1. The van der Waals surface area contributed by atoms with E-state index in [1.807, 2.05) is 6.07 Å². The van der Waals surface area contributed by atoms with Crippen molar-refractivity contribution in [2.24, 2.45) is 0 Å². The number of hydrogen-bond donors (Lipinski definition) is 0. The summed E-state index contributed by atoms with van der Waals surface area (Å²) in [6.07, 6.45) is -3.52. The van der Waals surface area contributed by atoms with Gasteiger partial charge >= 0.3 is 6.18 Å². The summed E-state index contributed by atoms with van der Waals surface area (Å²) < 4.78 is 52.5. The highest BCUT2D eigenvalue weighted by Crippen LogP contribution is 2.37.